The van der Waals surface area contributed by atoms with Crippen molar-refractivity contribution in [2.45, 2.75) is 25.3 Å². The summed E-state index contributed by atoms with van der Waals surface area (Å²) in [4.78, 5) is 14.8. The number of para-hydroxylation sites is 1. The summed E-state index contributed by atoms with van der Waals surface area (Å²) < 4.78 is 6.97. The first-order valence-corrected chi connectivity index (χ1v) is 12.3. The van der Waals surface area contributed by atoms with Crippen LogP contribution in [0.2, 0.25) is 5.02 Å². The largest absolute Gasteiger partial charge is 0.477 e. The van der Waals surface area contributed by atoms with E-state index in [1.807, 2.05) is 60.7 Å². The highest BCUT2D eigenvalue weighted by Crippen LogP contribution is 2.41. The van der Waals surface area contributed by atoms with Crippen LogP contribution in [0.1, 0.15) is 39.6 Å². The van der Waals surface area contributed by atoms with Crippen molar-refractivity contribution in [3.05, 3.63) is 93.8 Å². The van der Waals surface area contributed by atoms with Gasteiger partial charge in [-0.3, -0.25) is 4.90 Å². The van der Waals surface area contributed by atoms with Crippen LogP contribution in [0.5, 0.6) is 11.5 Å². The first-order chi connectivity index (χ1) is 16.1. The van der Waals surface area contributed by atoms with E-state index < -0.39 is 5.97 Å². The van der Waals surface area contributed by atoms with Gasteiger partial charge in [-0.15, -0.1) is 11.3 Å². The molecular weight excluding hydrogens is 454 g/mol. The number of carboxylic acids is 1. The van der Waals surface area contributed by atoms with Crippen molar-refractivity contribution in [1.29, 1.82) is 0 Å². The summed E-state index contributed by atoms with van der Waals surface area (Å²) in [6.45, 7) is 2.69. The third-order valence-electron chi connectivity index (χ3n) is 6.16. The molecule has 1 fully saturated rings. The highest BCUT2D eigenvalue weighted by Gasteiger charge is 2.28. The molecule has 3 aromatic carbocycles. The van der Waals surface area contributed by atoms with Crippen LogP contribution in [-0.4, -0.2) is 29.1 Å². The van der Waals surface area contributed by atoms with Crippen LogP contribution in [0.15, 0.2) is 72.8 Å². The Kier molecular flexibility index (Phi) is 6.36. The van der Waals surface area contributed by atoms with Crippen molar-refractivity contribution in [2.24, 2.45) is 0 Å². The quantitative estimate of drug-likeness (QED) is 0.314. The molecule has 1 N–H and O–H groups in total. The lowest BCUT2D eigenvalue weighted by Gasteiger charge is -2.32. The van der Waals surface area contributed by atoms with E-state index in [0.29, 0.717) is 9.90 Å². The third kappa shape index (κ3) is 4.91. The number of benzene rings is 3. The number of carboxylic acid groups (broad SMARTS) is 1. The molecule has 0 atom stereocenters. The van der Waals surface area contributed by atoms with Crippen molar-refractivity contribution in [3.63, 3.8) is 0 Å². The maximum Gasteiger partial charge on any atom is 0.346 e. The van der Waals surface area contributed by atoms with Gasteiger partial charge in [0.05, 0.1) is 0 Å². The Bertz CT molecular complexity index is 1280. The summed E-state index contributed by atoms with van der Waals surface area (Å²) in [5.74, 6) is 1.04. The Hall–Kier alpha value is -2.86. The Morgan fingerprint density at radius 3 is 2.52 bits per heavy atom. The maximum atomic E-state index is 11.9. The number of hydrogen-bond donors (Lipinski definition) is 1. The van der Waals surface area contributed by atoms with Crippen LogP contribution in [0, 0.1) is 0 Å². The summed E-state index contributed by atoms with van der Waals surface area (Å²) in [5.41, 5.74) is 2.17. The lowest BCUT2D eigenvalue weighted by Crippen LogP contribution is -2.32. The van der Waals surface area contributed by atoms with Crippen molar-refractivity contribution < 1.29 is 14.6 Å². The van der Waals surface area contributed by atoms with Crippen LogP contribution in [-0.2, 0) is 6.54 Å². The van der Waals surface area contributed by atoms with Gasteiger partial charge in [-0.25, -0.2) is 4.79 Å². The second kappa shape index (κ2) is 9.56. The SMILES string of the molecule is O=C(O)c1sc2ccc(Cl)cc2c1C1CCN(Cc2cccc(Oc3ccccc3)c2)CC1. The number of aromatic carboxylic acids is 1. The fraction of sp³-hybridized carbons (Fsp3) is 0.222. The monoisotopic (exact) mass is 477 g/mol. The molecule has 0 amide bonds. The number of ether oxygens (including phenoxy) is 1. The number of thiophene rings is 1. The molecule has 6 heteroatoms. The topological polar surface area (TPSA) is 49.8 Å². The first-order valence-electron chi connectivity index (χ1n) is 11.1. The minimum Gasteiger partial charge on any atom is -0.477 e. The summed E-state index contributed by atoms with van der Waals surface area (Å²) in [7, 11) is 0. The van der Waals surface area contributed by atoms with Gasteiger partial charge in [-0.2, -0.15) is 0 Å². The van der Waals surface area contributed by atoms with E-state index in [1.165, 1.54) is 16.9 Å². The molecule has 0 unspecified atom stereocenters. The number of rotatable bonds is 6. The lowest BCUT2D eigenvalue weighted by molar-refractivity contribution is 0.0700. The number of likely N-dealkylation sites (tertiary alicyclic amines) is 1. The van der Waals surface area contributed by atoms with E-state index >= 15 is 0 Å². The van der Waals surface area contributed by atoms with Crippen LogP contribution >= 0.6 is 22.9 Å². The molecule has 2 heterocycles. The molecule has 0 bridgehead atoms. The van der Waals surface area contributed by atoms with E-state index in [1.54, 1.807) is 0 Å². The summed E-state index contributed by atoms with van der Waals surface area (Å²) in [5, 5.41) is 11.4. The number of halogens is 1. The van der Waals surface area contributed by atoms with Gasteiger partial charge in [0.15, 0.2) is 0 Å². The molecule has 168 valence electrons. The molecule has 1 saturated heterocycles. The molecular formula is C27H24ClNO3S. The fourth-order valence-electron chi connectivity index (χ4n) is 4.62. The molecule has 5 rings (SSSR count). The molecule has 0 saturated carbocycles. The van der Waals surface area contributed by atoms with Gasteiger partial charge in [0.1, 0.15) is 16.4 Å². The predicted molar refractivity (Wildman–Crippen MR) is 134 cm³/mol. The number of nitrogens with zero attached hydrogens (tertiary/aromatic N) is 1. The molecule has 0 radical (unpaired) electrons. The van der Waals surface area contributed by atoms with Crippen molar-refractivity contribution >= 4 is 39.0 Å². The fourth-order valence-corrected chi connectivity index (χ4v) is 5.90. The molecule has 1 aliphatic heterocycles. The molecule has 0 spiro atoms. The molecule has 33 heavy (non-hydrogen) atoms. The van der Waals surface area contributed by atoms with Crippen LogP contribution in [0.4, 0.5) is 0 Å². The number of carbonyl (C=O) groups is 1. The predicted octanol–water partition coefficient (Wildman–Crippen LogP) is 7.42. The van der Waals surface area contributed by atoms with Gasteiger partial charge < -0.3 is 9.84 Å². The second-order valence-electron chi connectivity index (χ2n) is 8.40. The average Bonchev–Trinajstić information content (AvgIpc) is 3.20. The molecule has 4 aromatic rings. The summed E-state index contributed by atoms with van der Waals surface area (Å²) >= 11 is 7.59. The van der Waals surface area contributed by atoms with Crippen LogP contribution in [0.3, 0.4) is 0 Å². The Labute approximate surface area is 202 Å². The highest BCUT2D eigenvalue weighted by molar-refractivity contribution is 7.21. The van der Waals surface area contributed by atoms with Gasteiger partial charge in [0.2, 0.25) is 0 Å². The molecule has 1 aromatic heterocycles. The lowest BCUT2D eigenvalue weighted by atomic mass is 9.87. The zero-order chi connectivity index (χ0) is 22.8. The zero-order valence-electron chi connectivity index (χ0n) is 18.0. The maximum absolute atomic E-state index is 11.9. The normalized spacial score (nSPS) is 15.1. The van der Waals surface area contributed by atoms with Crippen LogP contribution in [0.25, 0.3) is 10.1 Å². The zero-order valence-corrected chi connectivity index (χ0v) is 19.6. The summed E-state index contributed by atoms with van der Waals surface area (Å²) in [6, 6.07) is 23.7. The van der Waals surface area contributed by atoms with Gasteiger partial charge in [-0.1, -0.05) is 41.9 Å². The Morgan fingerprint density at radius 2 is 1.76 bits per heavy atom. The standard InChI is InChI=1S/C27H24ClNO3S/c28-20-9-10-24-23(16-20)25(26(33-24)27(30)31)19-11-13-29(14-12-19)17-18-5-4-8-22(15-18)32-21-6-2-1-3-7-21/h1-10,15-16,19H,11-14,17H2,(H,30,31). The van der Waals surface area contributed by atoms with Crippen LogP contribution < -0.4 is 4.74 Å². The molecule has 1 aliphatic rings. The number of fused-ring (bicyclic) bond motifs is 1. The highest BCUT2D eigenvalue weighted by atomic mass is 35.5. The van der Waals surface area contributed by atoms with Gasteiger partial charge in [0.25, 0.3) is 0 Å². The van der Waals surface area contributed by atoms with Crippen molar-refractivity contribution in [1.82, 2.24) is 4.90 Å². The van der Waals surface area contributed by atoms with E-state index in [0.717, 1.165) is 59.6 Å². The van der Waals surface area contributed by atoms with E-state index in [4.69, 9.17) is 16.3 Å². The third-order valence-corrected chi connectivity index (χ3v) is 7.57. The van der Waals surface area contributed by atoms with E-state index in [-0.39, 0.29) is 5.92 Å². The van der Waals surface area contributed by atoms with Gasteiger partial charge in [0, 0.05) is 16.3 Å². The minimum atomic E-state index is -0.847. The van der Waals surface area contributed by atoms with E-state index in [9.17, 15) is 9.90 Å². The summed E-state index contributed by atoms with van der Waals surface area (Å²) in [6.07, 6.45) is 1.86. The average molecular weight is 478 g/mol. The smallest absolute Gasteiger partial charge is 0.346 e. The minimum absolute atomic E-state index is 0.229. The number of hydrogen-bond acceptors (Lipinski definition) is 4. The Morgan fingerprint density at radius 1 is 1.00 bits per heavy atom. The van der Waals surface area contributed by atoms with E-state index in [2.05, 4.69) is 17.0 Å². The molecule has 0 aliphatic carbocycles. The van der Waals surface area contributed by atoms with Crippen molar-refractivity contribution in [3.8, 4) is 11.5 Å². The first kappa shape index (κ1) is 22.0. The second-order valence-corrected chi connectivity index (χ2v) is 9.89. The van der Waals surface area contributed by atoms with Gasteiger partial charge in [-0.05, 0) is 90.8 Å². The number of piperidine rings is 1. The molecule has 4 nitrogen and oxygen atoms in total. The van der Waals surface area contributed by atoms with Gasteiger partial charge >= 0.3 is 5.97 Å². The Balaban J connectivity index is 1.28. The van der Waals surface area contributed by atoms with Crippen molar-refractivity contribution in [2.75, 3.05) is 13.1 Å².